The van der Waals surface area contributed by atoms with E-state index < -0.39 is 10.8 Å². The Balaban J connectivity index is 1.92. The molecule has 0 fully saturated rings. The summed E-state index contributed by atoms with van der Waals surface area (Å²) in [6.07, 6.45) is 1.11. The number of aryl methyl sites for hydroxylation is 1. The number of nitrogens with one attached hydrogen (secondary N) is 1. The molecule has 0 aromatic heterocycles. The molecule has 25 heavy (non-hydrogen) atoms. The third-order valence-corrected chi connectivity index (χ3v) is 3.68. The second kappa shape index (κ2) is 8.25. The van der Waals surface area contributed by atoms with Crippen LogP contribution in [0, 0.1) is 17.0 Å². The van der Waals surface area contributed by atoms with Gasteiger partial charge in [0.1, 0.15) is 11.5 Å². The molecule has 0 aliphatic carbocycles. The molecular formula is C16H14BrN3O5. The highest BCUT2D eigenvalue weighted by Crippen LogP contribution is 2.25. The molecule has 9 heteroatoms. The minimum Gasteiger partial charge on any atom is -0.507 e. The zero-order valence-electron chi connectivity index (χ0n) is 13.1. The van der Waals surface area contributed by atoms with Gasteiger partial charge >= 0.3 is 0 Å². The SMILES string of the molecule is Cc1ccc(OCC(=O)NN=Cc2cc([N+](=O)[O-])ccc2O)c(Br)c1. The molecule has 0 spiro atoms. The maximum atomic E-state index is 11.7. The van der Waals surface area contributed by atoms with E-state index in [9.17, 15) is 20.0 Å². The highest BCUT2D eigenvalue weighted by Gasteiger charge is 2.09. The van der Waals surface area contributed by atoms with Crippen LogP contribution in [-0.4, -0.2) is 28.8 Å². The number of phenolic OH excluding ortho intramolecular Hbond substituents is 1. The number of rotatable bonds is 6. The van der Waals surface area contributed by atoms with E-state index >= 15 is 0 Å². The van der Waals surface area contributed by atoms with E-state index in [1.165, 1.54) is 12.1 Å². The molecule has 0 aliphatic heterocycles. The number of aromatic hydroxyl groups is 1. The summed E-state index contributed by atoms with van der Waals surface area (Å²) in [5.74, 6) is -0.196. The highest BCUT2D eigenvalue weighted by atomic mass is 79.9. The number of phenols is 1. The summed E-state index contributed by atoms with van der Waals surface area (Å²) >= 11 is 3.34. The monoisotopic (exact) mass is 407 g/mol. The van der Waals surface area contributed by atoms with Gasteiger partial charge in [-0.05, 0) is 46.6 Å². The Kier molecular flexibility index (Phi) is 6.07. The number of ether oxygens (including phenoxy) is 1. The fraction of sp³-hybridized carbons (Fsp3) is 0.125. The van der Waals surface area contributed by atoms with Gasteiger partial charge in [0, 0.05) is 17.7 Å². The van der Waals surface area contributed by atoms with E-state index in [4.69, 9.17) is 4.74 Å². The number of hydrazone groups is 1. The van der Waals surface area contributed by atoms with Crippen LogP contribution in [0.25, 0.3) is 0 Å². The minimum absolute atomic E-state index is 0.108. The van der Waals surface area contributed by atoms with Gasteiger partial charge in [-0.25, -0.2) is 5.43 Å². The van der Waals surface area contributed by atoms with Gasteiger partial charge in [-0.15, -0.1) is 0 Å². The molecule has 8 nitrogen and oxygen atoms in total. The zero-order chi connectivity index (χ0) is 18.4. The fourth-order valence-corrected chi connectivity index (χ4v) is 2.44. The van der Waals surface area contributed by atoms with E-state index in [-0.39, 0.29) is 23.6 Å². The number of halogens is 1. The first-order valence-corrected chi connectivity index (χ1v) is 7.84. The van der Waals surface area contributed by atoms with Crippen LogP contribution >= 0.6 is 15.9 Å². The summed E-state index contributed by atoms with van der Waals surface area (Å²) in [4.78, 5) is 21.8. The van der Waals surface area contributed by atoms with Crippen LogP contribution in [0.5, 0.6) is 11.5 Å². The minimum atomic E-state index is -0.595. The molecule has 0 heterocycles. The molecule has 0 saturated heterocycles. The summed E-state index contributed by atoms with van der Waals surface area (Å²) in [6.45, 7) is 1.67. The first kappa shape index (κ1) is 18.4. The molecule has 0 atom stereocenters. The van der Waals surface area contributed by atoms with E-state index in [0.29, 0.717) is 5.75 Å². The lowest BCUT2D eigenvalue weighted by Gasteiger charge is -2.07. The molecule has 2 aromatic carbocycles. The van der Waals surface area contributed by atoms with Crippen molar-refractivity contribution in [3.63, 3.8) is 0 Å². The van der Waals surface area contributed by atoms with Crippen LogP contribution in [-0.2, 0) is 4.79 Å². The van der Waals surface area contributed by atoms with E-state index in [0.717, 1.165) is 22.3 Å². The average molecular weight is 408 g/mol. The number of nitro benzene ring substituents is 1. The second-order valence-corrected chi connectivity index (χ2v) is 5.87. The van der Waals surface area contributed by atoms with E-state index in [1.54, 1.807) is 6.07 Å². The number of carbonyl (C=O) groups excluding carboxylic acids is 1. The van der Waals surface area contributed by atoms with Crippen LogP contribution < -0.4 is 10.2 Å². The molecular weight excluding hydrogens is 394 g/mol. The van der Waals surface area contributed by atoms with Crippen molar-refractivity contribution in [2.75, 3.05) is 6.61 Å². The van der Waals surface area contributed by atoms with Crippen molar-refractivity contribution < 1.29 is 19.6 Å². The average Bonchev–Trinajstić information content (AvgIpc) is 2.55. The molecule has 0 unspecified atom stereocenters. The Bertz CT molecular complexity index is 839. The lowest BCUT2D eigenvalue weighted by atomic mass is 10.2. The Morgan fingerprint density at radius 1 is 1.40 bits per heavy atom. The first-order chi connectivity index (χ1) is 11.9. The molecule has 0 saturated carbocycles. The van der Waals surface area contributed by atoms with E-state index in [2.05, 4.69) is 26.5 Å². The van der Waals surface area contributed by atoms with Crippen LogP contribution in [0.2, 0.25) is 0 Å². The van der Waals surface area contributed by atoms with Gasteiger partial charge in [0.15, 0.2) is 6.61 Å². The van der Waals surface area contributed by atoms with Gasteiger partial charge in [-0.2, -0.15) is 5.10 Å². The van der Waals surface area contributed by atoms with Gasteiger partial charge in [0.2, 0.25) is 0 Å². The number of nitrogens with zero attached hydrogens (tertiary/aromatic N) is 2. The summed E-state index contributed by atoms with van der Waals surface area (Å²) in [5, 5.41) is 24.0. The molecule has 2 N–H and O–H groups in total. The van der Waals surface area contributed by atoms with Crippen LogP contribution in [0.3, 0.4) is 0 Å². The molecule has 0 bridgehead atoms. The van der Waals surface area contributed by atoms with Gasteiger partial charge in [0.25, 0.3) is 11.6 Å². The smallest absolute Gasteiger partial charge is 0.277 e. The molecule has 0 radical (unpaired) electrons. The Morgan fingerprint density at radius 2 is 2.16 bits per heavy atom. The zero-order valence-corrected chi connectivity index (χ0v) is 14.7. The number of hydrogen-bond donors (Lipinski definition) is 2. The van der Waals surface area contributed by atoms with Crippen molar-refractivity contribution in [3.8, 4) is 11.5 Å². The third-order valence-electron chi connectivity index (χ3n) is 3.06. The fourth-order valence-electron chi connectivity index (χ4n) is 1.83. The normalized spacial score (nSPS) is 10.6. The van der Waals surface area contributed by atoms with Gasteiger partial charge in [-0.1, -0.05) is 6.07 Å². The van der Waals surface area contributed by atoms with Gasteiger partial charge in [0.05, 0.1) is 15.6 Å². The summed E-state index contributed by atoms with van der Waals surface area (Å²) < 4.78 is 6.09. The van der Waals surface area contributed by atoms with Crippen LogP contribution in [0.4, 0.5) is 5.69 Å². The second-order valence-electron chi connectivity index (χ2n) is 5.02. The number of amides is 1. The Hall–Kier alpha value is -2.94. The van der Waals surface area contributed by atoms with Crippen molar-refractivity contribution in [2.45, 2.75) is 6.92 Å². The van der Waals surface area contributed by atoms with Gasteiger partial charge < -0.3 is 9.84 Å². The van der Waals surface area contributed by atoms with Crippen LogP contribution in [0.15, 0.2) is 46.0 Å². The predicted molar refractivity (Wildman–Crippen MR) is 94.9 cm³/mol. The molecule has 0 aliphatic rings. The highest BCUT2D eigenvalue weighted by molar-refractivity contribution is 9.10. The van der Waals surface area contributed by atoms with Gasteiger partial charge in [-0.3, -0.25) is 14.9 Å². The first-order valence-electron chi connectivity index (χ1n) is 7.05. The lowest BCUT2D eigenvalue weighted by Crippen LogP contribution is -2.24. The van der Waals surface area contributed by atoms with E-state index in [1.807, 2.05) is 19.1 Å². The topological polar surface area (TPSA) is 114 Å². The number of non-ortho nitro benzene ring substituents is 1. The summed E-state index contributed by atoms with van der Waals surface area (Å²) in [7, 11) is 0. The van der Waals surface area contributed by atoms with Crippen LogP contribution in [0.1, 0.15) is 11.1 Å². The van der Waals surface area contributed by atoms with Crippen molar-refractivity contribution in [3.05, 3.63) is 62.1 Å². The molecule has 2 aromatic rings. The Morgan fingerprint density at radius 3 is 2.84 bits per heavy atom. The molecule has 1 amide bonds. The quantitative estimate of drug-likeness (QED) is 0.434. The van der Waals surface area contributed by atoms with Crippen molar-refractivity contribution in [1.29, 1.82) is 0 Å². The number of hydrogen-bond acceptors (Lipinski definition) is 6. The maximum absolute atomic E-state index is 11.7. The lowest BCUT2D eigenvalue weighted by molar-refractivity contribution is -0.384. The Labute approximate surface area is 151 Å². The number of benzene rings is 2. The molecule has 130 valence electrons. The van der Waals surface area contributed by atoms with Crippen molar-refractivity contribution in [1.82, 2.24) is 5.43 Å². The number of carbonyl (C=O) groups is 1. The molecule has 2 rings (SSSR count). The van der Waals surface area contributed by atoms with Crippen molar-refractivity contribution in [2.24, 2.45) is 5.10 Å². The summed E-state index contributed by atoms with van der Waals surface area (Å²) in [6, 6.07) is 8.93. The largest absolute Gasteiger partial charge is 0.507 e. The van der Waals surface area contributed by atoms with Crippen molar-refractivity contribution >= 4 is 33.7 Å². The third kappa shape index (κ3) is 5.28. The standard InChI is InChI=1S/C16H14BrN3O5/c1-10-2-5-15(13(17)6-10)25-9-16(22)19-18-8-11-7-12(20(23)24)3-4-14(11)21/h2-8,21H,9H2,1H3,(H,19,22). The predicted octanol–water partition coefficient (Wildman–Crippen LogP) is 2.90. The number of nitro groups is 1. The summed E-state index contributed by atoms with van der Waals surface area (Å²) in [5.41, 5.74) is 3.18. The maximum Gasteiger partial charge on any atom is 0.277 e.